The number of ether oxygens (including phenoxy) is 2. The third-order valence-electron chi connectivity index (χ3n) is 4.72. The summed E-state index contributed by atoms with van der Waals surface area (Å²) in [7, 11) is 0. The lowest BCUT2D eigenvalue weighted by Gasteiger charge is -2.22. The van der Waals surface area contributed by atoms with E-state index in [0.29, 0.717) is 19.3 Å². The van der Waals surface area contributed by atoms with Crippen molar-refractivity contribution in [1.29, 1.82) is 0 Å². The fourth-order valence-electron chi connectivity index (χ4n) is 3.41. The van der Waals surface area contributed by atoms with E-state index in [4.69, 9.17) is 9.47 Å². The molecule has 3 rings (SSSR count). The van der Waals surface area contributed by atoms with Crippen molar-refractivity contribution in [2.24, 2.45) is 0 Å². The predicted molar refractivity (Wildman–Crippen MR) is 94.1 cm³/mol. The van der Waals surface area contributed by atoms with Crippen molar-refractivity contribution in [1.82, 2.24) is 5.32 Å². The topological polar surface area (TPSA) is 59.6 Å². The molecule has 24 heavy (non-hydrogen) atoms. The summed E-state index contributed by atoms with van der Waals surface area (Å²) in [6, 6.07) is 8.04. The van der Waals surface area contributed by atoms with Crippen LogP contribution in [0, 0.1) is 0 Å². The molecule has 0 spiro atoms. The molecule has 1 aromatic rings. The molecule has 5 heteroatoms. The highest BCUT2D eigenvalue weighted by atomic mass is 16.5. The summed E-state index contributed by atoms with van der Waals surface area (Å²) < 4.78 is 11.4. The molecule has 1 saturated carbocycles. The first-order valence-electron chi connectivity index (χ1n) is 9.15. The molecule has 1 heterocycles. The molecule has 1 aliphatic heterocycles. The first kappa shape index (κ1) is 17.2. The summed E-state index contributed by atoms with van der Waals surface area (Å²) in [6.45, 7) is 2.03. The zero-order valence-corrected chi connectivity index (χ0v) is 14.3. The van der Waals surface area contributed by atoms with E-state index in [1.165, 1.54) is 19.3 Å². The van der Waals surface area contributed by atoms with Crippen LogP contribution in [-0.4, -0.2) is 31.4 Å². The molecule has 0 radical (unpaired) electrons. The number of nitrogens with one attached hydrogen (secondary N) is 2. The largest absolute Gasteiger partial charge is 0.376 e. The van der Waals surface area contributed by atoms with E-state index in [0.717, 1.165) is 43.5 Å². The number of rotatable bonds is 6. The van der Waals surface area contributed by atoms with Gasteiger partial charge in [0.15, 0.2) is 0 Å². The molecular weight excluding hydrogens is 304 g/mol. The fourth-order valence-corrected chi connectivity index (χ4v) is 3.41. The van der Waals surface area contributed by atoms with Crippen molar-refractivity contribution in [2.45, 2.75) is 63.7 Å². The van der Waals surface area contributed by atoms with E-state index < -0.39 is 0 Å². The van der Waals surface area contributed by atoms with Gasteiger partial charge in [-0.1, -0.05) is 25.0 Å². The Morgan fingerprint density at radius 2 is 2.00 bits per heavy atom. The lowest BCUT2D eigenvalue weighted by atomic mass is 10.1. The summed E-state index contributed by atoms with van der Waals surface area (Å²) >= 11 is 0. The molecule has 2 amide bonds. The van der Waals surface area contributed by atoms with Gasteiger partial charge in [-0.3, -0.25) is 0 Å². The zero-order valence-electron chi connectivity index (χ0n) is 14.3. The van der Waals surface area contributed by atoms with Crippen molar-refractivity contribution in [3.05, 3.63) is 29.8 Å². The van der Waals surface area contributed by atoms with Crippen LogP contribution in [0.4, 0.5) is 10.5 Å². The molecule has 132 valence electrons. The van der Waals surface area contributed by atoms with Gasteiger partial charge < -0.3 is 20.1 Å². The summed E-state index contributed by atoms with van der Waals surface area (Å²) in [4.78, 5) is 12.0. The standard InChI is InChI=1S/C19H28N2O3/c22-19(20-16-7-1-2-8-16)21-17-9-5-6-15(12-17)13-23-14-18-10-3-4-11-24-18/h5-6,9,12,16,18H,1-4,7-8,10-11,13-14H2,(H2,20,21,22). The van der Waals surface area contributed by atoms with E-state index in [1.807, 2.05) is 24.3 Å². The Bertz CT molecular complexity index is 523. The van der Waals surface area contributed by atoms with E-state index in [1.54, 1.807) is 0 Å². The van der Waals surface area contributed by atoms with Gasteiger partial charge in [0.1, 0.15) is 0 Å². The highest BCUT2D eigenvalue weighted by Crippen LogP contribution is 2.18. The van der Waals surface area contributed by atoms with Crippen molar-refractivity contribution in [2.75, 3.05) is 18.5 Å². The summed E-state index contributed by atoms with van der Waals surface area (Å²) in [5.41, 5.74) is 1.87. The number of anilines is 1. The highest BCUT2D eigenvalue weighted by molar-refractivity contribution is 5.89. The van der Waals surface area contributed by atoms with Crippen LogP contribution in [-0.2, 0) is 16.1 Å². The van der Waals surface area contributed by atoms with E-state index in [-0.39, 0.29) is 12.1 Å². The van der Waals surface area contributed by atoms with Gasteiger partial charge in [0.25, 0.3) is 0 Å². The van der Waals surface area contributed by atoms with E-state index in [2.05, 4.69) is 10.6 Å². The minimum Gasteiger partial charge on any atom is -0.376 e. The van der Waals surface area contributed by atoms with Crippen LogP contribution in [0.3, 0.4) is 0 Å². The molecule has 1 aliphatic carbocycles. The van der Waals surface area contributed by atoms with Gasteiger partial charge in [-0.25, -0.2) is 4.79 Å². The number of hydrogen-bond acceptors (Lipinski definition) is 3. The van der Waals surface area contributed by atoms with Crippen LogP contribution in [0.25, 0.3) is 0 Å². The maximum absolute atomic E-state index is 12.0. The number of hydrogen-bond donors (Lipinski definition) is 2. The van der Waals surface area contributed by atoms with E-state index >= 15 is 0 Å². The Morgan fingerprint density at radius 3 is 2.79 bits per heavy atom. The number of carbonyl (C=O) groups is 1. The van der Waals surface area contributed by atoms with Crippen LogP contribution in [0.5, 0.6) is 0 Å². The molecule has 1 aromatic carbocycles. The number of urea groups is 1. The molecule has 1 atom stereocenters. The molecule has 5 nitrogen and oxygen atoms in total. The summed E-state index contributed by atoms with van der Waals surface area (Å²) in [5, 5.41) is 5.95. The smallest absolute Gasteiger partial charge is 0.319 e. The quantitative estimate of drug-likeness (QED) is 0.832. The van der Waals surface area contributed by atoms with E-state index in [9.17, 15) is 4.79 Å². The Balaban J connectivity index is 1.42. The predicted octanol–water partition coefficient (Wildman–Crippen LogP) is 3.84. The second-order valence-electron chi connectivity index (χ2n) is 6.78. The van der Waals surface area contributed by atoms with Crippen LogP contribution < -0.4 is 10.6 Å². The first-order chi connectivity index (χ1) is 11.8. The minimum atomic E-state index is -0.115. The molecule has 2 fully saturated rings. The first-order valence-corrected chi connectivity index (χ1v) is 9.15. The van der Waals surface area contributed by atoms with Crippen LogP contribution in [0.15, 0.2) is 24.3 Å². The second-order valence-corrected chi connectivity index (χ2v) is 6.78. The summed E-state index contributed by atoms with van der Waals surface area (Å²) in [5.74, 6) is 0. The zero-order chi connectivity index (χ0) is 16.6. The molecular formula is C19H28N2O3. The Labute approximate surface area is 144 Å². The molecule has 2 aliphatic rings. The fraction of sp³-hybridized carbons (Fsp3) is 0.632. The molecule has 1 saturated heterocycles. The van der Waals surface area contributed by atoms with Gasteiger partial charge in [0, 0.05) is 18.3 Å². The number of benzene rings is 1. The van der Waals surface area contributed by atoms with Crippen molar-refractivity contribution in [3.63, 3.8) is 0 Å². The average molecular weight is 332 g/mol. The molecule has 1 unspecified atom stereocenters. The number of carbonyl (C=O) groups excluding carboxylic acids is 1. The highest BCUT2D eigenvalue weighted by Gasteiger charge is 2.17. The second kappa shape index (κ2) is 9.04. The van der Waals surface area contributed by atoms with Gasteiger partial charge in [0.05, 0.1) is 19.3 Å². The average Bonchev–Trinajstić information content (AvgIpc) is 3.09. The third-order valence-corrected chi connectivity index (χ3v) is 4.72. The normalized spacial score (nSPS) is 21.6. The van der Waals surface area contributed by atoms with Gasteiger partial charge in [-0.15, -0.1) is 0 Å². The van der Waals surface area contributed by atoms with Gasteiger partial charge in [0.2, 0.25) is 0 Å². The Kier molecular flexibility index (Phi) is 6.49. The monoisotopic (exact) mass is 332 g/mol. The number of amides is 2. The minimum absolute atomic E-state index is 0.115. The van der Waals surface area contributed by atoms with Crippen molar-refractivity contribution in [3.8, 4) is 0 Å². The van der Waals surface area contributed by atoms with Gasteiger partial charge >= 0.3 is 6.03 Å². The maximum Gasteiger partial charge on any atom is 0.319 e. The van der Waals surface area contributed by atoms with Gasteiger partial charge in [-0.05, 0) is 49.8 Å². The van der Waals surface area contributed by atoms with Crippen LogP contribution in [0.1, 0.15) is 50.5 Å². The van der Waals surface area contributed by atoms with Crippen LogP contribution >= 0.6 is 0 Å². The lowest BCUT2D eigenvalue weighted by Crippen LogP contribution is -2.36. The van der Waals surface area contributed by atoms with Crippen molar-refractivity contribution < 1.29 is 14.3 Å². The summed E-state index contributed by atoms with van der Waals surface area (Å²) in [6.07, 6.45) is 8.30. The third kappa shape index (κ3) is 5.49. The Hall–Kier alpha value is -1.59. The van der Waals surface area contributed by atoms with Crippen molar-refractivity contribution >= 4 is 11.7 Å². The lowest BCUT2D eigenvalue weighted by molar-refractivity contribution is -0.0447. The molecule has 2 N–H and O–H groups in total. The Morgan fingerprint density at radius 1 is 1.17 bits per heavy atom. The van der Waals surface area contributed by atoms with Gasteiger partial charge in [-0.2, -0.15) is 0 Å². The maximum atomic E-state index is 12.0. The SMILES string of the molecule is O=C(Nc1cccc(COCC2CCCCO2)c1)NC1CCCC1. The van der Waals surface area contributed by atoms with Crippen LogP contribution in [0.2, 0.25) is 0 Å². The molecule has 0 bridgehead atoms. The molecule has 0 aromatic heterocycles.